The summed E-state index contributed by atoms with van der Waals surface area (Å²) in [5.74, 6) is 0. The zero-order valence-electron chi connectivity index (χ0n) is 7.11. The van der Waals surface area contributed by atoms with Gasteiger partial charge < -0.3 is 5.32 Å². The molecule has 10 heavy (non-hydrogen) atoms. The molecule has 1 aliphatic heterocycles. The molecule has 1 fully saturated rings. The molecule has 2 heteroatoms. The van der Waals surface area contributed by atoms with E-state index >= 15 is 0 Å². The smallest absolute Gasteiger partial charge is 0.111 e. The molecular formula is C8H17BN. The molecule has 1 radical (unpaired) electrons. The molecule has 0 saturated carbocycles. The van der Waals surface area contributed by atoms with Gasteiger partial charge in [0.15, 0.2) is 0 Å². The summed E-state index contributed by atoms with van der Waals surface area (Å²) in [6.07, 6.45) is 3.88. The predicted octanol–water partition coefficient (Wildman–Crippen LogP) is 1.55. The van der Waals surface area contributed by atoms with Gasteiger partial charge in [-0.3, -0.25) is 0 Å². The minimum atomic E-state index is 0.511. The molecule has 1 saturated heterocycles. The first-order valence-electron chi connectivity index (χ1n) is 4.23. The van der Waals surface area contributed by atoms with Crippen molar-refractivity contribution in [3.63, 3.8) is 0 Å². The summed E-state index contributed by atoms with van der Waals surface area (Å²) in [7, 11) is 2.40. The van der Waals surface area contributed by atoms with Crippen molar-refractivity contribution in [2.75, 3.05) is 13.1 Å². The van der Waals surface area contributed by atoms with Crippen molar-refractivity contribution in [2.24, 2.45) is 5.41 Å². The highest BCUT2D eigenvalue weighted by Gasteiger charge is 2.17. The van der Waals surface area contributed by atoms with Crippen LogP contribution < -0.4 is 5.32 Å². The van der Waals surface area contributed by atoms with Crippen LogP contribution in [0.5, 0.6) is 0 Å². The van der Waals surface area contributed by atoms with E-state index in [1.807, 2.05) is 0 Å². The van der Waals surface area contributed by atoms with Crippen molar-refractivity contribution in [1.29, 1.82) is 0 Å². The number of hydrogen-bond donors (Lipinski definition) is 1. The van der Waals surface area contributed by atoms with Gasteiger partial charge in [-0.15, -0.1) is 0 Å². The Balaban J connectivity index is 2.30. The van der Waals surface area contributed by atoms with Crippen LogP contribution in [0.2, 0.25) is 12.6 Å². The summed E-state index contributed by atoms with van der Waals surface area (Å²) >= 11 is 0. The zero-order chi connectivity index (χ0) is 7.45. The second kappa shape index (κ2) is 3.43. The van der Waals surface area contributed by atoms with E-state index in [0.29, 0.717) is 5.41 Å². The van der Waals surface area contributed by atoms with Gasteiger partial charge in [0, 0.05) is 6.54 Å². The lowest BCUT2D eigenvalue weighted by Crippen LogP contribution is -2.32. The molecule has 1 rings (SSSR count). The van der Waals surface area contributed by atoms with Crippen LogP contribution in [0.3, 0.4) is 0 Å². The molecule has 0 aromatic heterocycles. The summed E-state index contributed by atoms with van der Waals surface area (Å²) in [4.78, 5) is 0. The van der Waals surface area contributed by atoms with Crippen LogP contribution in [0.4, 0.5) is 0 Å². The lowest BCUT2D eigenvalue weighted by atomic mass is 9.65. The van der Waals surface area contributed by atoms with E-state index in [9.17, 15) is 0 Å². The van der Waals surface area contributed by atoms with Gasteiger partial charge in [-0.25, -0.2) is 0 Å². The molecule has 1 N–H and O–H groups in total. The summed E-state index contributed by atoms with van der Waals surface area (Å²) in [5.41, 5.74) is 0.511. The molecular weight excluding hydrogens is 121 g/mol. The number of hydrogen-bond acceptors (Lipinski definition) is 1. The number of nitrogens with one attached hydrogen (secondary N) is 1. The van der Waals surface area contributed by atoms with Crippen molar-refractivity contribution in [3.05, 3.63) is 0 Å². The SMILES string of the molecule is CC1(C)CC[B]CCNC1. The Kier molecular flexibility index (Phi) is 2.78. The Morgan fingerprint density at radius 3 is 2.90 bits per heavy atom. The van der Waals surface area contributed by atoms with E-state index < -0.39 is 0 Å². The fourth-order valence-electron chi connectivity index (χ4n) is 1.36. The summed E-state index contributed by atoms with van der Waals surface area (Å²) in [6.45, 7) is 7.02. The first-order valence-corrected chi connectivity index (χ1v) is 4.23. The topological polar surface area (TPSA) is 12.0 Å². The first kappa shape index (κ1) is 8.12. The lowest BCUT2D eigenvalue weighted by Gasteiger charge is -2.27. The van der Waals surface area contributed by atoms with Gasteiger partial charge in [0.2, 0.25) is 0 Å². The lowest BCUT2D eigenvalue weighted by molar-refractivity contribution is 0.327. The molecule has 0 bridgehead atoms. The molecule has 0 aromatic rings. The molecule has 0 spiro atoms. The number of rotatable bonds is 0. The Morgan fingerprint density at radius 2 is 2.10 bits per heavy atom. The quantitative estimate of drug-likeness (QED) is 0.500. The van der Waals surface area contributed by atoms with Gasteiger partial charge in [0.1, 0.15) is 7.28 Å². The van der Waals surface area contributed by atoms with Gasteiger partial charge in [-0.1, -0.05) is 32.9 Å². The molecule has 0 aliphatic carbocycles. The van der Waals surface area contributed by atoms with E-state index in [0.717, 1.165) is 0 Å². The summed E-state index contributed by atoms with van der Waals surface area (Å²) in [5, 5.41) is 3.45. The predicted molar refractivity (Wildman–Crippen MR) is 46.6 cm³/mol. The molecule has 0 amide bonds. The molecule has 1 aliphatic rings. The molecule has 0 aromatic carbocycles. The molecule has 1 heterocycles. The molecule has 57 valence electrons. The summed E-state index contributed by atoms with van der Waals surface area (Å²) < 4.78 is 0. The molecule has 1 nitrogen and oxygen atoms in total. The maximum absolute atomic E-state index is 3.45. The van der Waals surface area contributed by atoms with Crippen LogP contribution >= 0.6 is 0 Å². The highest BCUT2D eigenvalue weighted by molar-refractivity contribution is 6.35. The van der Waals surface area contributed by atoms with E-state index in [2.05, 4.69) is 26.4 Å². The average Bonchev–Trinajstić information content (AvgIpc) is 1.81. The second-order valence-corrected chi connectivity index (χ2v) is 3.96. The maximum Gasteiger partial charge on any atom is 0.111 e. The van der Waals surface area contributed by atoms with Crippen LogP contribution in [-0.2, 0) is 0 Å². The van der Waals surface area contributed by atoms with Crippen molar-refractivity contribution in [1.82, 2.24) is 5.32 Å². The molecule has 0 unspecified atom stereocenters. The van der Waals surface area contributed by atoms with E-state index in [4.69, 9.17) is 0 Å². The minimum Gasteiger partial charge on any atom is -0.317 e. The van der Waals surface area contributed by atoms with Gasteiger partial charge >= 0.3 is 0 Å². The zero-order valence-corrected chi connectivity index (χ0v) is 7.11. The third kappa shape index (κ3) is 2.74. The highest BCUT2D eigenvalue weighted by atomic mass is 14.9. The first-order chi connectivity index (χ1) is 4.71. The van der Waals surface area contributed by atoms with Crippen molar-refractivity contribution in [3.8, 4) is 0 Å². The highest BCUT2D eigenvalue weighted by Crippen LogP contribution is 2.22. The fourth-order valence-corrected chi connectivity index (χ4v) is 1.36. The second-order valence-electron chi connectivity index (χ2n) is 3.96. The Bertz CT molecular complexity index is 91.4. The van der Waals surface area contributed by atoms with Crippen molar-refractivity contribution >= 4 is 7.28 Å². The normalized spacial score (nSPS) is 26.2. The van der Waals surface area contributed by atoms with Gasteiger partial charge in [0.05, 0.1) is 0 Å². The van der Waals surface area contributed by atoms with Gasteiger partial charge in [0.25, 0.3) is 0 Å². The van der Waals surface area contributed by atoms with Crippen LogP contribution in [0, 0.1) is 5.41 Å². The van der Waals surface area contributed by atoms with E-state index in [-0.39, 0.29) is 0 Å². The largest absolute Gasteiger partial charge is 0.317 e. The van der Waals surface area contributed by atoms with Crippen molar-refractivity contribution in [2.45, 2.75) is 32.9 Å². The third-order valence-electron chi connectivity index (χ3n) is 2.15. The van der Waals surface area contributed by atoms with Crippen LogP contribution in [0.15, 0.2) is 0 Å². The van der Waals surface area contributed by atoms with Crippen molar-refractivity contribution < 1.29 is 0 Å². The van der Waals surface area contributed by atoms with Gasteiger partial charge in [-0.05, 0) is 12.0 Å². The summed E-state index contributed by atoms with van der Waals surface area (Å²) in [6, 6.07) is 0. The minimum absolute atomic E-state index is 0.511. The van der Waals surface area contributed by atoms with Crippen LogP contribution in [-0.4, -0.2) is 20.4 Å². The Morgan fingerprint density at radius 1 is 1.30 bits per heavy atom. The third-order valence-corrected chi connectivity index (χ3v) is 2.15. The Labute approximate surface area is 64.8 Å². The van der Waals surface area contributed by atoms with E-state index in [1.54, 1.807) is 0 Å². The standard InChI is InChI=1S/C8H17BN/c1-8(2)3-4-9-5-6-10-7-8/h10H,3-7H2,1-2H3. The fraction of sp³-hybridized carbons (Fsp3) is 1.00. The monoisotopic (exact) mass is 138 g/mol. The molecule has 0 atom stereocenters. The van der Waals surface area contributed by atoms with Crippen LogP contribution in [0.1, 0.15) is 20.3 Å². The van der Waals surface area contributed by atoms with Gasteiger partial charge in [-0.2, -0.15) is 0 Å². The Hall–Kier alpha value is 0.0249. The van der Waals surface area contributed by atoms with E-state index in [1.165, 1.54) is 32.2 Å². The maximum atomic E-state index is 3.45. The average molecular weight is 138 g/mol. The van der Waals surface area contributed by atoms with Crippen LogP contribution in [0.25, 0.3) is 0 Å².